The maximum absolute atomic E-state index is 14.2. The Morgan fingerprint density at radius 1 is 1.32 bits per heavy atom. The topological polar surface area (TPSA) is 12.5 Å². The van der Waals surface area contributed by atoms with Gasteiger partial charge in [-0.15, -0.1) is 0 Å². The van der Waals surface area contributed by atoms with E-state index in [0.29, 0.717) is 29.2 Å². The SMILES string of the molecule is COc1cccc(CN2C3CCC2CC(Br)C3)c1F. The number of piperidine rings is 1. The number of hydrogen-bond acceptors (Lipinski definition) is 2. The molecule has 2 fully saturated rings. The molecule has 2 nitrogen and oxygen atoms in total. The van der Waals surface area contributed by atoms with E-state index in [1.165, 1.54) is 32.8 Å². The summed E-state index contributed by atoms with van der Waals surface area (Å²) in [6, 6.07) is 6.63. The molecule has 104 valence electrons. The van der Waals surface area contributed by atoms with Crippen LogP contribution in [-0.4, -0.2) is 28.9 Å². The molecular formula is C15H19BrFNO. The van der Waals surface area contributed by atoms with Crippen molar-refractivity contribution in [2.45, 2.75) is 49.1 Å². The first-order valence-electron chi connectivity index (χ1n) is 6.90. The number of rotatable bonds is 3. The molecule has 19 heavy (non-hydrogen) atoms. The van der Waals surface area contributed by atoms with Crippen molar-refractivity contribution in [1.82, 2.24) is 4.90 Å². The van der Waals surface area contributed by atoms with Gasteiger partial charge in [0.15, 0.2) is 11.6 Å². The van der Waals surface area contributed by atoms with E-state index in [9.17, 15) is 4.39 Å². The van der Waals surface area contributed by atoms with Crippen LogP contribution in [0.4, 0.5) is 4.39 Å². The van der Waals surface area contributed by atoms with Crippen LogP contribution < -0.4 is 4.74 Å². The molecule has 0 aromatic heterocycles. The molecule has 2 saturated heterocycles. The van der Waals surface area contributed by atoms with Crippen molar-refractivity contribution in [3.8, 4) is 5.75 Å². The van der Waals surface area contributed by atoms with E-state index >= 15 is 0 Å². The second-order valence-electron chi connectivity index (χ2n) is 5.56. The molecule has 0 saturated carbocycles. The van der Waals surface area contributed by atoms with E-state index in [1.54, 1.807) is 6.07 Å². The average Bonchev–Trinajstić information content (AvgIpc) is 2.64. The highest BCUT2D eigenvalue weighted by Crippen LogP contribution is 2.39. The third kappa shape index (κ3) is 2.52. The first-order valence-corrected chi connectivity index (χ1v) is 7.81. The molecule has 3 rings (SSSR count). The lowest BCUT2D eigenvalue weighted by atomic mass is 10.0. The van der Waals surface area contributed by atoms with E-state index < -0.39 is 0 Å². The minimum atomic E-state index is -0.203. The molecule has 2 atom stereocenters. The fourth-order valence-corrected chi connectivity index (χ4v) is 4.36. The van der Waals surface area contributed by atoms with Crippen LogP contribution in [0.25, 0.3) is 0 Å². The Labute approximate surface area is 122 Å². The van der Waals surface area contributed by atoms with Gasteiger partial charge < -0.3 is 4.74 Å². The zero-order valence-corrected chi connectivity index (χ0v) is 12.7. The number of nitrogens with zero attached hydrogens (tertiary/aromatic N) is 1. The first kappa shape index (κ1) is 13.4. The van der Waals surface area contributed by atoms with E-state index in [0.717, 1.165) is 5.56 Å². The average molecular weight is 328 g/mol. The number of methoxy groups -OCH3 is 1. The third-order valence-corrected chi connectivity index (χ3v) is 5.19. The van der Waals surface area contributed by atoms with Gasteiger partial charge in [-0.2, -0.15) is 0 Å². The monoisotopic (exact) mass is 327 g/mol. The normalized spacial score (nSPS) is 30.6. The lowest BCUT2D eigenvalue weighted by molar-refractivity contribution is 0.135. The lowest BCUT2D eigenvalue weighted by Crippen LogP contribution is -2.42. The molecule has 2 heterocycles. The van der Waals surface area contributed by atoms with Gasteiger partial charge in [0.05, 0.1) is 7.11 Å². The zero-order valence-electron chi connectivity index (χ0n) is 11.1. The van der Waals surface area contributed by atoms with E-state index in [-0.39, 0.29) is 5.82 Å². The molecule has 1 aromatic carbocycles. The van der Waals surface area contributed by atoms with Crippen LogP contribution in [0.3, 0.4) is 0 Å². The highest BCUT2D eigenvalue weighted by molar-refractivity contribution is 9.09. The Balaban J connectivity index is 1.79. The van der Waals surface area contributed by atoms with Gasteiger partial charge in [-0.05, 0) is 31.7 Å². The predicted octanol–water partition coefficient (Wildman–Crippen LogP) is 3.72. The summed E-state index contributed by atoms with van der Waals surface area (Å²) in [4.78, 5) is 3.12. The van der Waals surface area contributed by atoms with Crippen molar-refractivity contribution >= 4 is 15.9 Å². The maximum Gasteiger partial charge on any atom is 0.169 e. The van der Waals surface area contributed by atoms with Gasteiger partial charge in [0.25, 0.3) is 0 Å². The van der Waals surface area contributed by atoms with Crippen molar-refractivity contribution in [3.05, 3.63) is 29.6 Å². The molecule has 2 aliphatic rings. The summed E-state index contributed by atoms with van der Waals surface area (Å²) in [5.41, 5.74) is 0.754. The minimum absolute atomic E-state index is 0.203. The van der Waals surface area contributed by atoms with Crippen LogP contribution in [0.1, 0.15) is 31.2 Å². The molecule has 0 radical (unpaired) electrons. The zero-order chi connectivity index (χ0) is 13.4. The fourth-order valence-electron chi connectivity index (χ4n) is 3.50. The number of fused-ring (bicyclic) bond motifs is 2. The standard InChI is InChI=1S/C15H19BrFNO/c1-19-14-4-2-3-10(15(14)17)9-18-12-5-6-13(18)8-11(16)7-12/h2-4,11-13H,5-9H2,1H3. The van der Waals surface area contributed by atoms with Crippen LogP contribution in [-0.2, 0) is 6.54 Å². The molecule has 2 aliphatic heterocycles. The molecule has 0 N–H and O–H groups in total. The number of alkyl halides is 1. The van der Waals surface area contributed by atoms with Gasteiger partial charge in [0, 0.05) is 29.0 Å². The Bertz CT molecular complexity index is 453. The Morgan fingerprint density at radius 3 is 2.63 bits per heavy atom. The van der Waals surface area contributed by atoms with Crippen LogP contribution in [0, 0.1) is 5.82 Å². The molecule has 1 aromatic rings. The summed E-state index contributed by atoms with van der Waals surface area (Å²) < 4.78 is 19.3. The summed E-state index contributed by atoms with van der Waals surface area (Å²) >= 11 is 3.74. The lowest BCUT2D eigenvalue weighted by Gasteiger charge is -2.37. The van der Waals surface area contributed by atoms with Gasteiger partial charge in [-0.3, -0.25) is 4.90 Å². The Kier molecular flexibility index (Phi) is 3.81. The predicted molar refractivity (Wildman–Crippen MR) is 77.3 cm³/mol. The third-order valence-electron chi connectivity index (χ3n) is 4.44. The van der Waals surface area contributed by atoms with Crippen LogP contribution in [0.15, 0.2) is 18.2 Å². The quantitative estimate of drug-likeness (QED) is 0.784. The van der Waals surface area contributed by atoms with Gasteiger partial charge >= 0.3 is 0 Å². The second kappa shape index (κ2) is 5.41. The largest absolute Gasteiger partial charge is 0.494 e. The Morgan fingerprint density at radius 2 is 2.00 bits per heavy atom. The van der Waals surface area contributed by atoms with E-state index in [4.69, 9.17) is 4.74 Å². The summed E-state index contributed by atoms with van der Waals surface area (Å²) in [5.74, 6) is 0.144. The highest BCUT2D eigenvalue weighted by atomic mass is 79.9. The van der Waals surface area contributed by atoms with E-state index in [2.05, 4.69) is 20.8 Å². The second-order valence-corrected chi connectivity index (χ2v) is 6.85. The van der Waals surface area contributed by atoms with E-state index in [1.807, 2.05) is 12.1 Å². The Hall–Kier alpha value is -0.610. The summed E-state index contributed by atoms with van der Waals surface area (Å²) in [5, 5.41) is 0. The number of benzene rings is 1. The first-order chi connectivity index (χ1) is 9.19. The molecule has 4 heteroatoms. The molecular weight excluding hydrogens is 309 g/mol. The van der Waals surface area contributed by atoms with Crippen LogP contribution in [0.5, 0.6) is 5.75 Å². The molecule has 2 unspecified atom stereocenters. The van der Waals surface area contributed by atoms with Gasteiger partial charge in [0.1, 0.15) is 0 Å². The van der Waals surface area contributed by atoms with Crippen molar-refractivity contribution < 1.29 is 9.13 Å². The van der Waals surface area contributed by atoms with Crippen molar-refractivity contribution in [1.29, 1.82) is 0 Å². The summed E-state index contributed by atoms with van der Waals surface area (Å²) in [6.45, 7) is 0.706. The smallest absolute Gasteiger partial charge is 0.169 e. The fraction of sp³-hybridized carbons (Fsp3) is 0.600. The van der Waals surface area contributed by atoms with Gasteiger partial charge in [-0.1, -0.05) is 28.1 Å². The molecule has 0 amide bonds. The van der Waals surface area contributed by atoms with Crippen molar-refractivity contribution in [3.63, 3.8) is 0 Å². The highest BCUT2D eigenvalue weighted by Gasteiger charge is 2.39. The number of hydrogen-bond donors (Lipinski definition) is 0. The molecule has 2 bridgehead atoms. The number of halogens is 2. The maximum atomic E-state index is 14.2. The van der Waals surface area contributed by atoms with Gasteiger partial charge in [0.2, 0.25) is 0 Å². The van der Waals surface area contributed by atoms with Crippen molar-refractivity contribution in [2.75, 3.05) is 7.11 Å². The van der Waals surface area contributed by atoms with Crippen molar-refractivity contribution in [2.24, 2.45) is 0 Å². The van der Waals surface area contributed by atoms with Crippen LogP contribution >= 0.6 is 15.9 Å². The molecule has 0 aliphatic carbocycles. The molecule has 0 spiro atoms. The van der Waals surface area contributed by atoms with Gasteiger partial charge in [-0.25, -0.2) is 4.39 Å². The number of ether oxygens (including phenoxy) is 1. The summed E-state index contributed by atoms with van der Waals surface area (Å²) in [7, 11) is 1.52. The minimum Gasteiger partial charge on any atom is -0.494 e. The van der Waals surface area contributed by atoms with Crippen LogP contribution in [0.2, 0.25) is 0 Å². The summed E-state index contributed by atoms with van der Waals surface area (Å²) in [6.07, 6.45) is 4.86.